The van der Waals surface area contributed by atoms with Crippen LogP contribution in [0.5, 0.6) is 5.75 Å². The summed E-state index contributed by atoms with van der Waals surface area (Å²) in [6.07, 6.45) is 7.17. The zero-order valence-corrected chi connectivity index (χ0v) is 14.0. The Balaban J connectivity index is 1.71. The monoisotopic (exact) mass is 328 g/mol. The van der Waals surface area contributed by atoms with E-state index >= 15 is 0 Å². The molecule has 1 N–H and O–H groups in total. The smallest absolute Gasteiger partial charge is 0.226 e. The molecule has 1 heterocycles. The lowest BCUT2D eigenvalue weighted by Gasteiger charge is -2.06. The Hall–Kier alpha value is -2.32. The largest absolute Gasteiger partial charge is 0.481 e. The second-order valence-corrected chi connectivity index (χ2v) is 5.94. The standard InChI is InChI=1S/C18H20N2O2S/c1-3-11-22-16-7-5-14(6-8-16)9-10-19-17(21)12-15-13-23-18(4-2)20-15/h1,5-8,13H,4,9-12H2,2H3,(H,19,21). The second-order valence-electron chi connectivity index (χ2n) is 5.00. The van der Waals surface area contributed by atoms with Gasteiger partial charge in [0.1, 0.15) is 12.4 Å². The van der Waals surface area contributed by atoms with Crippen LogP contribution in [0.4, 0.5) is 0 Å². The predicted octanol–water partition coefficient (Wildman–Crippen LogP) is 2.62. The summed E-state index contributed by atoms with van der Waals surface area (Å²) >= 11 is 1.60. The summed E-state index contributed by atoms with van der Waals surface area (Å²) in [6.45, 7) is 2.94. The van der Waals surface area contributed by atoms with E-state index in [4.69, 9.17) is 11.2 Å². The van der Waals surface area contributed by atoms with E-state index in [0.29, 0.717) is 13.0 Å². The highest BCUT2D eigenvalue weighted by Crippen LogP contribution is 2.12. The van der Waals surface area contributed by atoms with Gasteiger partial charge in [0, 0.05) is 11.9 Å². The fraction of sp³-hybridized carbons (Fsp3) is 0.333. The summed E-state index contributed by atoms with van der Waals surface area (Å²) in [4.78, 5) is 16.3. The number of terminal acetylenes is 1. The lowest BCUT2D eigenvalue weighted by Crippen LogP contribution is -2.27. The molecule has 0 radical (unpaired) electrons. The van der Waals surface area contributed by atoms with Crippen LogP contribution in [-0.2, 0) is 24.1 Å². The number of rotatable bonds is 8. The van der Waals surface area contributed by atoms with Crippen molar-refractivity contribution < 1.29 is 9.53 Å². The van der Waals surface area contributed by atoms with Crippen LogP contribution in [-0.4, -0.2) is 24.0 Å². The van der Waals surface area contributed by atoms with Gasteiger partial charge in [-0.05, 0) is 30.5 Å². The molecule has 0 unspecified atom stereocenters. The summed E-state index contributed by atoms with van der Waals surface area (Å²) in [5, 5.41) is 5.94. The van der Waals surface area contributed by atoms with Crippen molar-refractivity contribution in [2.24, 2.45) is 0 Å². The van der Waals surface area contributed by atoms with Crippen LogP contribution >= 0.6 is 11.3 Å². The maximum absolute atomic E-state index is 11.9. The van der Waals surface area contributed by atoms with Gasteiger partial charge in [0.2, 0.25) is 5.91 Å². The number of aryl methyl sites for hydroxylation is 1. The minimum atomic E-state index is 0.00641. The van der Waals surface area contributed by atoms with Gasteiger partial charge in [0.25, 0.3) is 0 Å². The summed E-state index contributed by atoms with van der Waals surface area (Å²) in [5.74, 6) is 3.19. The Morgan fingerprint density at radius 1 is 1.39 bits per heavy atom. The first-order valence-corrected chi connectivity index (χ1v) is 8.44. The van der Waals surface area contributed by atoms with Crippen LogP contribution in [0.15, 0.2) is 29.6 Å². The van der Waals surface area contributed by atoms with Gasteiger partial charge in [-0.2, -0.15) is 0 Å². The fourth-order valence-corrected chi connectivity index (χ4v) is 2.79. The number of benzene rings is 1. The van der Waals surface area contributed by atoms with E-state index in [2.05, 4.69) is 23.1 Å². The minimum absolute atomic E-state index is 0.00641. The van der Waals surface area contributed by atoms with Crippen LogP contribution in [0, 0.1) is 12.3 Å². The molecule has 23 heavy (non-hydrogen) atoms. The van der Waals surface area contributed by atoms with Crippen molar-refractivity contribution in [2.45, 2.75) is 26.2 Å². The van der Waals surface area contributed by atoms with Crippen molar-refractivity contribution in [1.82, 2.24) is 10.3 Å². The third-order valence-electron chi connectivity index (χ3n) is 3.22. The van der Waals surface area contributed by atoms with Crippen molar-refractivity contribution in [3.63, 3.8) is 0 Å². The van der Waals surface area contributed by atoms with Crippen molar-refractivity contribution in [3.8, 4) is 18.1 Å². The number of hydrogen-bond donors (Lipinski definition) is 1. The number of hydrogen-bond acceptors (Lipinski definition) is 4. The molecule has 0 spiro atoms. The van der Waals surface area contributed by atoms with E-state index in [1.807, 2.05) is 29.6 Å². The van der Waals surface area contributed by atoms with Gasteiger partial charge >= 0.3 is 0 Å². The molecule has 1 aromatic heterocycles. The van der Waals surface area contributed by atoms with Gasteiger partial charge in [-0.1, -0.05) is 25.0 Å². The second kappa shape index (κ2) is 8.96. The molecule has 0 atom stereocenters. The Morgan fingerprint density at radius 2 is 2.17 bits per heavy atom. The SMILES string of the molecule is C#CCOc1ccc(CCNC(=O)Cc2csc(CC)n2)cc1. The van der Waals surface area contributed by atoms with Gasteiger partial charge in [-0.25, -0.2) is 4.98 Å². The lowest BCUT2D eigenvalue weighted by atomic mass is 10.1. The highest BCUT2D eigenvalue weighted by Gasteiger charge is 2.06. The Kier molecular flexibility index (Phi) is 6.64. The molecule has 0 aliphatic carbocycles. The summed E-state index contributed by atoms with van der Waals surface area (Å²) in [7, 11) is 0. The third kappa shape index (κ3) is 5.76. The molecule has 0 saturated carbocycles. The molecule has 2 aromatic rings. The number of thiazole rings is 1. The number of carbonyl (C=O) groups is 1. The van der Waals surface area contributed by atoms with E-state index in [1.54, 1.807) is 11.3 Å². The molecular formula is C18H20N2O2S. The van der Waals surface area contributed by atoms with E-state index in [1.165, 1.54) is 0 Å². The third-order valence-corrected chi connectivity index (χ3v) is 4.27. The van der Waals surface area contributed by atoms with Crippen LogP contribution < -0.4 is 10.1 Å². The molecule has 5 heteroatoms. The first-order valence-electron chi connectivity index (χ1n) is 7.56. The molecule has 0 aliphatic heterocycles. The summed E-state index contributed by atoms with van der Waals surface area (Å²) < 4.78 is 5.32. The quantitative estimate of drug-likeness (QED) is 0.758. The maximum Gasteiger partial charge on any atom is 0.226 e. The van der Waals surface area contributed by atoms with E-state index in [-0.39, 0.29) is 12.5 Å². The van der Waals surface area contributed by atoms with Gasteiger partial charge in [0.15, 0.2) is 0 Å². The number of amides is 1. The van der Waals surface area contributed by atoms with E-state index in [0.717, 1.165) is 34.9 Å². The van der Waals surface area contributed by atoms with Crippen molar-refractivity contribution in [3.05, 3.63) is 45.9 Å². The average Bonchev–Trinajstić information content (AvgIpc) is 3.01. The molecular weight excluding hydrogens is 308 g/mol. The summed E-state index contributed by atoms with van der Waals surface area (Å²) in [6, 6.07) is 7.73. The van der Waals surface area contributed by atoms with Crippen molar-refractivity contribution >= 4 is 17.2 Å². The maximum atomic E-state index is 11.9. The van der Waals surface area contributed by atoms with Gasteiger partial charge < -0.3 is 10.1 Å². The Labute approximate surface area is 140 Å². The Bertz CT molecular complexity index is 671. The van der Waals surface area contributed by atoms with Gasteiger partial charge in [-0.3, -0.25) is 4.79 Å². The number of nitrogens with one attached hydrogen (secondary N) is 1. The van der Waals surface area contributed by atoms with E-state index < -0.39 is 0 Å². The molecule has 1 amide bonds. The molecule has 2 rings (SSSR count). The number of aromatic nitrogens is 1. The number of carbonyl (C=O) groups excluding carboxylic acids is 1. The first kappa shape index (κ1) is 17.0. The molecule has 120 valence electrons. The highest BCUT2D eigenvalue weighted by atomic mass is 32.1. The zero-order valence-electron chi connectivity index (χ0n) is 13.2. The molecule has 0 fully saturated rings. The molecule has 0 bridgehead atoms. The van der Waals surface area contributed by atoms with Crippen LogP contribution in [0.25, 0.3) is 0 Å². The molecule has 4 nitrogen and oxygen atoms in total. The lowest BCUT2D eigenvalue weighted by molar-refractivity contribution is -0.120. The average molecular weight is 328 g/mol. The normalized spacial score (nSPS) is 10.1. The van der Waals surface area contributed by atoms with Crippen molar-refractivity contribution in [2.75, 3.05) is 13.2 Å². The zero-order chi connectivity index (χ0) is 16.5. The van der Waals surface area contributed by atoms with Gasteiger partial charge in [-0.15, -0.1) is 17.8 Å². The van der Waals surface area contributed by atoms with Crippen molar-refractivity contribution in [1.29, 1.82) is 0 Å². The number of nitrogens with zero attached hydrogens (tertiary/aromatic N) is 1. The minimum Gasteiger partial charge on any atom is -0.481 e. The Morgan fingerprint density at radius 3 is 2.83 bits per heavy atom. The summed E-state index contributed by atoms with van der Waals surface area (Å²) in [5.41, 5.74) is 1.99. The molecule has 0 saturated heterocycles. The first-order chi connectivity index (χ1) is 11.2. The van der Waals surface area contributed by atoms with Crippen LogP contribution in [0.3, 0.4) is 0 Å². The van der Waals surface area contributed by atoms with Crippen LogP contribution in [0.1, 0.15) is 23.2 Å². The number of ether oxygens (including phenoxy) is 1. The van der Waals surface area contributed by atoms with Gasteiger partial charge in [0.05, 0.1) is 17.1 Å². The fourth-order valence-electron chi connectivity index (χ4n) is 2.04. The predicted molar refractivity (Wildman–Crippen MR) is 92.7 cm³/mol. The highest BCUT2D eigenvalue weighted by molar-refractivity contribution is 7.09. The molecule has 0 aliphatic rings. The van der Waals surface area contributed by atoms with Crippen LogP contribution in [0.2, 0.25) is 0 Å². The topological polar surface area (TPSA) is 51.2 Å². The molecule has 1 aromatic carbocycles. The van der Waals surface area contributed by atoms with E-state index in [9.17, 15) is 4.79 Å².